The van der Waals surface area contributed by atoms with Crippen LogP contribution in [0.15, 0.2) is 48.7 Å². The smallest absolute Gasteiger partial charge is 0.256 e. The predicted molar refractivity (Wildman–Crippen MR) is 102 cm³/mol. The molecule has 0 spiro atoms. The van der Waals surface area contributed by atoms with E-state index < -0.39 is 5.82 Å². The molecular weight excluding hydrogens is 329 g/mol. The highest BCUT2D eigenvalue weighted by Gasteiger charge is 2.22. The fraction of sp³-hybridized carbons (Fsp3) is 0.286. The van der Waals surface area contributed by atoms with E-state index >= 15 is 0 Å². The Balaban J connectivity index is 1.55. The molecule has 1 atom stereocenters. The van der Waals surface area contributed by atoms with Crippen molar-refractivity contribution in [1.29, 1.82) is 0 Å². The van der Waals surface area contributed by atoms with Crippen molar-refractivity contribution in [3.05, 3.63) is 60.0 Å². The van der Waals surface area contributed by atoms with Crippen molar-refractivity contribution in [2.45, 2.75) is 6.42 Å². The molecule has 2 heterocycles. The van der Waals surface area contributed by atoms with Crippen molar-refractivity contribution in [1.82, 2.24) is 15.2 Å². The van der Waals surface area contributed by atoms with E-state index in [1.807, 2.05) is 36.5 Å². The van der Waals surface area contributed by atoms with Crippen LogP contribution in [0.5, 0.6) is 0 Å². The Hall–Kier alpha value is -2.66. The van der Waals surface area contributed by atoms with Gasteiger partial charge < -0.3 is 15.2 Å². The molecule has 1 aliphatic heterocycles. The third kappa shape index (κ3) is 3.22. The molecule has 1 aromatic heterocycles. The number of amides is 1. The van der Waals surface area contributed by atoms with Gasteiger partial charge >= 0.3 is 0 Å². The van der Waals surface area contributed by atoms with Gasteiger partial charge in [0.15, 0.2) is 0 Å². The van der Waals surface area contributed by atoms with Gasteiger partial charge in [-0.25, -0.2) is 4.39 Å². The molecule has 0 bridgehead atoms. The Morgan fingerprint density at radius 3 is 2.77 bits per heavy atom. The number of benzene rings is 2. The molecule has 134 valence electrons. The highest BCUT2D eigenvalue weighted by atomic mass is 19.1. The number of nitrogens with one attached hydrogen (secondary N) is 2. The second-order valence-corrected chi connectivity index (χ2v) is 7.02. The maximum absolute atomic E-state index is 14.6. The molecule has 1 saturated heterocycles. The monoisotopic (exact) mass is 351 g/mol. The predicted octanol–water partition coefficient (Wildman–Crippen LogP) is 3.66. The maximum atomic E-state index is 14.6. The first-order chi connectivity index (χ1) is 12.6. The number of aromatic amines is 1. The SMILES string of the molecule is CN(C[C@@H]1CCNC1)C(=O)c1ccc(-c2ccc3[nH]ccc3c2)cc1F. The second kappa shape index (κ2) is 6.92. The highest BCUT2D eigenvalue weighted by molar-refractivity contribution is 5.95. The van der Waals surface area contributed by atoms with E-state index in [1.165, 1.54) is 6.07 Å². The molecule has 4 rings (SSSR count). The summed E-state index contributed by atoms with van der Waals surface area (Å²) in [7, 11) is 1.74. The lowest BCUT2D eigenvalue weighted by atomic mass is 10.0. The summed E-state index contributed by atoms with van der Waals surface area (Å²) in [4.78, 5) is 17.4. The summed E-state index contributed by atoms with van der Waals surface area (Å²) in [6.07, 6.45) is 2.94. The lowest BCUT2D eigenvalue weighted by Gasteiger charge is -2.21. The fourth-order valence-corrected chi connectivity index (χ4v) is 3.65. The number of rotatable bonds is 4. The third-order valence-corrected chi connectivity index (χ3v) is 5.13. The minimum absolute atomic E-state index is 0.130. The standard InChI is InChI=1S/C21H22FN3O/c1-25(13-14-6-8-23-12-14)21(26)18-4-2-16(11-19(18)22)15-3-5-20-17(10-15)7-9-24-20/h2-5,7,9-11,14,23-24H,6,8,12-13H2,1H3/t14-/m1/s1. The molecule has 0 saturated carbocycles. The Bertz CT molecular complexity index is 943. The Morgan fingerprint density at radius 1 is 1.19 bits per heavy atom. The zero-order valence-corrected chi connectivity index (χ0v) is 14.8. The maximum Gasteiger partial charge on any atom is 0.256 e. The Morgan fingerprint density at radius 2 is 2.00 bits per heavy atom. The summed E-state index contributed by atoms with van der Waals surface area (Å²) in [5.74, 6) is -0.292. The molecule has 0 unspecified atom stereocenters. The van der Waals surface area contributed by atoms with Crippen molar-refractivity contribution in [3.8, 4) is 11.1 Å². The first-order valence-corrected chi connectivity index (χ1v) is 8.95. The number of fused-ring (bicyclic) bond motifs is 1. The summed E-state index contributed by atoms with van der Waals surface area (Å²) in [6, 6.07) is 12.8. The summed E-state index contributed by atoms with van der Waals surface area (Å²) in [6.45, 7) is 2.55. The number of carbonyl (C=O) groups is 1. The molecule has 5 heteroatoms. The molecule has 2 aromatic carbocycles. The number of H-pyrrole nitrogens is 1. The zero-order valence-electron chi connectivity index (χ0n) is 14.8. The van der Waals surface area contributed by atoms with Crippen LogP contribution in [0, 0.1) is 11.7 Å². The van der Waals surface area contributed by atoms with Gasteiger partial charge in [0.2, 0.25) is 0 Å². The zero-order chi connectivity index (χ0) is 18.1. The molecule has 0 radical (unpaired) electrons. The van der Waals surface area contributed by atoms with Crippen LogP contribution in [0.25, 0.3) is 22.0 Å². The van der Waals surface area contributed by atoms with Crippen LogP contribution in [0.1, 0.15) is 16.8 Å². The van der Waals surface area contributed by atoms with Gasteiger partial charge in [-0.2, -0.15) is 0 Å². The fourth-order valence-electron chi connectivity index (χ4n) is 3.65. The van der Waals surface area contributed by atoms with Crippen molar-refractivity contribution in [2.75, 3.05) is 26.7 Å². The van der Waals surface area contributed by atoms with Gasteiger partial charge in [0, 0.05) is 25.3 Å². The van der Waals surface area contributed by atoms with Crippen molar-refractivity contribution < 1.29 is 9.18 Å². The van der Waals surface area contributed by atoms with E-state index in [-0.39, 0.29) is 11.5 Å². The number of nitrogens with zero attached hydrogens (tertiary/aromatic N) is 1. The lowest BCUT2D eigenvalue weighted by molar-refractivity contribution is 0.0771. The molecular formula is C21H22FN3O. The molecule has 1 fully saturated rings. The van der Waals surface area contributed by atoms with Crippen LogP contribution in [0.2, 0.25) is 0 Å². The second-order valence-electron chi connectivity index (χ2n) is 7.02. The summed E-state index contributed by atoms with van der Waals surface area (Å²) in [5.41, 5.74) is 2.87. The largest absolute Gasteiger partial charge is 0.361 e. The number of hydrogen-bond acceptors (Lipinski definition) is 2. The van der Waals surface area contributed by atoms with Crippen molar-refractivity contribution >= 4 is 16.8 Å². The van der Waals surface area contributed by atoms with Gasteiger partial charge in [-0.15, -0.1) is 0 Å². The average Bonchev–Trinajstić information content (AvgIpc) is 3.31. The first-order valence-electron chi connectivity index (χ1n) is 8.95. The third-order valence-electron chi connectivity index (χ3n) is 5.13. The van der Waals surface area contributed by atoms with Gasteiger partial charge in [0.05, 0.1) is 5.56 Å². The van der Waals surface area contributed by atoms with Crippen LogP contribution in [-0.4, -0.2) is 42.5 Å². The number of aromatic nitrogens is 1. The van der Waals surface area contributed by atoms with Crippen molar-refractivity contribution in [2.24, 2.45) is 5.92 Å². The Labute approximate surface area is 152 Å². The minimum Gasteiger partial charge on any atom is -0.361 e. The van der Waals surface area contributed by atoms with Gasteiger partial charge in [0.25, 0.3) is 5.91 Å². The van der Waals surface area contributed by atoms with Gasteiger partial charge in [-0.1, -0.05) is 12.1 Å². The van der Waals surface area contributed by atoms with Crippen LogP contribution in [0.4, 0.5) is 4.39 Å². The molecule has 2 N–H and O–H groups in total. The van der Waals surface area contributed by atoms with Crippen LogP contribution in [0.3, 0.4) is 0 Å². The molecule has 4 nitrogen and oxygen atoms in total. The highest BCUT2D eigenvalue weighted by Crippen LogP contribution is 2.26. The summed E-state index contributed by atoms with van der Waals surface area (Å²) >= 11 is 0. The summed E-state index contributed by atoms with van der Waals surface area (Å²) in [5, 5.41) is 4.37. The van der Waals surface area contributed by atoms with Crippen LogP contribution < -0.4 is 5.32 Å². The number of halogens is 1. The van der Waals surface area contributed by atoms with Crippen molar-refractivity contribution in [3.63, 3.8) is 0 Å². The molecule has 3 aromatic rings. The van der Waals surface area contributed by atoms with E-state index in [9.17, 15) is 9.18 Å². The topological polar surface area (TPSA) is 48.1 Å². The van der Waals surface area contributed by atoms with Crippen LogP contribution in [-0.2, 0) is 0 Å². The summed E-state index contributed by atoms with van der Waals surface area (Å²) < 4.78 is 14.6. The quantitative estimate of drug-likeness (QED) is 0.754. The number of hydrogen-bond donors (Lipinski definition) is 2. The van der Waals surface area contributed by atoms with E-state index in [4.69, 9.17) is 0 Å². The first kappa shape index (κ1) is 16.8. The Kier molecular flexibility index (Phi) is 4.47. The van der Waals surface area contributed by atoms with E-state index in [0.717, 1.165) is 41.5 Å². The van der Waals surface area contributed by atoms with E-state index in [1.54, 1.807) is 18.0 Å². The minimum atomic E-state index is -0.474. The average molecular weight is 351 g/mol. The molecule has 1 aliphatic rings. The number of carbonyl (C=O) groups excluding carboxylic acids is 1. The normalized spacial score (nSPS) is 16.9. The molecule has 0 aliphatic carbocycles. The molecule has 26 heavy (non-hydrogen) atoms. The van der Waals surface area contributed by atoms with Gasteiger partial charge in [-0.3, -0.25) is 4.79 Å². The van der Waals surface area contributed by atoms with Gasteiger partial charge in [0.1, 0.15) is 5.82 Å². The van der Waals surface area contributed by atoms with E-state index in [0.29, 0.717) is 12.5 Å². The molecule has 1 amide bonds. The lowest BCUT2D eigenvalue weighted by Crippen LogP contribution is -2.33. The van der Waals surface area contributed by atoms with E-state index in [2.05, 4.69) is 10.3 Å². The van der Waals surface area contributed by atoms with Gasteiger partial charge in [-0.05, 0) is 72.3 Å². The van der Waals surface area contributed by atoms with Crippen LogP contribution >= 0.6 is 0 Å².